The average Bonchev–Trinajstić information content (AvgIpc) is 3.37. The van der Waals surface area contributed by atoms with Crippen LogP contribution in [0.25, 0.3) is 10.2 Å². The quantitative estimate of drug-likeness (QED) is 0.778. The van der Waals surface area contributed by atoms with Gasteiger partial charge in [0.15, 0.2) is 0 Å². The summed E-state index contributed by atoms with van der Waals surface area (Å²) in [6, 6.07) is 0. The number of anilines is 1. The van der Waals surface area contributed by atoms with Crippen LogP contribution in [0.3, 0.4) is 0 Å². The first kappa shape index (κ1) is 16.0. The highest BCUT2D eigenvalue weighted by atomic mass is 32.1. The van der Waals surface area contributed by atoms with Crippen LogP contribution in [0.1, 0.15) is 29.7 Å². The molecule has 6 heteroatoms. The third kappa shape index (κ3) is 3.04. The second-order valence-corrected chi connectivity index (χ2v) is 9.01. The van der Waals surface area contributed by atoms with Crippen LogP contribution in [0.4, 0.5) is 5.82 Å². The van der Waals surface area contributed by atoms with Gasteiger partial charge < -0.3 is 14.7 Å². The van der Waals surface area contributed by atoms with Crippen LogP contribution in [0.2, 0.25) is 0 Å². The summed E-state index contributed by atoms with van der Waals surface area (Å²) in [6.45, 7) is 10.3. The van der Waals surface area contributed by atoms with Gasteiger partial charge in [-0.2, -0.15) is 0 Å². The Morgan fingerprint density at radius 2 is 1.68 bits per heavy atom. The van der Waals surface area contributed by atoms with Gasteiger partial charge in [0.1, 0.15) is 30.1 Å². The molecule has 0 unspecified atom stereocenters. The van der Waals surface area contributed by atoms with Crippen LogP contribution in [0, 0.1) is 0 Å². The molecule has 2 N–H and O–H groups in total. The van der Waals surface area contributed by atoms with E-state index in [-0.39, 0.29) is 0 Å². The number of thiophene rings is 1. The summed E-state index contributed by atoms with van der Waals surface area (Å²) in [4.78, 5) is 18.2. The predicted octanol–water partition coefficient (Wildman–Crippen LogP) is -0.436. The number of hydrogen-bond donors (Lipinski definition) is 2. The van der Waals surface area contributed by atoms with E-state index in [4.69, 9.17) is 4.98 Å². The van der Waals surface area contributed by atoms with Crippen LogP contribution in [-0.4, -0.2) is 62.3 Å². The van der Waals surface area contributed by atoms with E-state index in [9.17, 15) is 0 Å². The Labute approximate surface area is 153 Å². The highest BCUT2D eigenvalue weighted by Crippen LogP contribution is 2.39. The van der Waals surface area contributed by atoms with Gasteiger partial charge in [0.2, 0.25) is 0 Å². The number of piperazine rings is 1. The van der Waals surface area contributed by atoms with Crippen molar-refractivity contribution < 1.29 is 9.80 Å². The fourth-order valence-electron chi connectivity index (χ4n) is 4.92. The Hall–Kier alpha value is -1.24. The van der Waals surface area contributed by atoms with E-state index >= 15 is 0 Å². The molecular formula is C19H29N5S+2. The number of rotatable bonds is 4. The van der Waals surface area contributed by atoms with E-state index in [2.05, 4.69) is 9.88 Å². The first-order chi connectivity index (χ1) is 12.4. The van der Waals surface area contributed by atoms with E-state index in [1.807, 2.05) is 16.2 Å². The lowest BCUT2D eigenvalue weighted by Gasteiger charge is -2.33. The highest BCUT2D eigenvalue weighted by Gasteiger charge is 2.27. The van der Waals surface area contributed by atoms with Gasteiger partial charge in [-0.25, -0.2) is 9.97 Å². The van der Waals surface area contributed by atoms with Crippen molar-refractivity contribution in [3.8, 4) is 0 Å². The van der Waals surface area contributed by atoms with Crippen molar-refractivity contribution in [2.75, 3.05) is 57.3 Å². The molecule has 5 rings (SSSR count). The molecule has 134 valence electrons. The zero-order valence-electron chi connectivity index (χ0n) is 15.0. The molecule has 2 saturated heterocycles. The largest absolute Gasteiger partial charge is 0.345 e. The summed E-state index contributed by atoms with van der Waals surface area (Å²) in [5.74, 6) is 1.22. The van der Waals surface area contributed by atoms with Gasteiger partial charge in [0, 0.05) is 17.7 Å². The van der Waals surface area contributed by atoms with Crippen molar-refractivity contribution in [3.05, 3.63) is 16.8 Å². The number of hydrogen-bond acceptors (Lipinski definition) is 4. The maximum atomic E-state index is 4.72. The minimum atomic E-state index is 1.14. The second-order valence-electron chi connectivity index (χ2n) is 7.93. The number of fused-ring (bicyclic) bond motifs is 3. The Kier molecular flexibility index (Phi) is 4.36. The van der Waals surface area contributed by atoms with Crippen molar-refractivity contribution in [1.82, 2.24) is 9.97 Å². The van der Waals surface area contributed by atoms with Crippen LogP contribution < -0.4 is 14.7 Å². The first-order valence-electron chi connectivity index (χ1n) is 10.1. The lowest BCUT2D eigenvalue weighted by Crippen LogP contribution is -3.21. The molecule has 1 aliphatic carbocycles. The Morgan fingerprint density at radius 3 is 2.48 bits per heavy atom. The Balaban J connectivity index is 1.27. The smallest absolute Gasteiger partial charge is 0.141 e. The molecule has 2 fully saturated rings. The minimum Gasteiger partial charge on any atom is -0.345 e. The molecular weight excluding hydrogens is 330 g/mol. The standard InChI is InChI=1S/C19H27N5S/c1-2-7-22(6-1)8-9-23-10-12-24(13-11-23)18-17-15-4-3-5-16(15)25-19(17)21-14-20-18/h14H,1-13H2/p+2. The molecule has 4 heterocycles. The van der Waals surface area contributed by atoms with E-state index < -0.39 is 0 Å². The number of quaternary nitrogens is 2. The maximum absolute atomic E-state index is 4.72. The number of aryl methyl sites for hydroxylation is 2. The van der Waals surface area contributed by atoms with E-state index in [0.717, 1.165) is 13.1 Å². The van der Waals surface area contributed by atoms with Crippen molar-refractivity contribution in [3.63, 3.8) is 0 Å². The van der Waals surface area contributed by atoms with Gasteiger partial charge >= 0.3 is 0 Å². The third-order valence-electron chi connectivity index (χ3n) is 6.39. The summed E-state index contributed by atoms with van der Waals surface area (Å²) in [6.07, 6.45) is 8.42. The Bertz CT molecular complexity index is 744. The van der Waals surface area contributed by atoms with Gasteiger partial charge in [-0.1, -0.05) is 0 Å². The predicted molar refractivity (Wildman–Crippen MR) is 102 cm³/mol. The zero-order valence-corrected chi connectivity index (χ0v) is 15.8. The van der Waals surface area contributed by atoms with E-state index in [1.54, 1.807) is 21.7 Å². The SMILES string of the molecule is c1nc(N2CC[NH+](CC[NH+]3CCCC3)CC2)c2c3c(sc2n1)CCC3. The molecule has 5 nitrogen and oxygen atoms in total. The second kappa shape index (κ2) is 6.82. The molecule has 0 amide bonds. The van der Waals surface area contributed by atoms with Gasteiger partial charge in [-0.15, -0.1) is 11.3 Å². The van der Waals surface area contributed by atoms with Crippen LogP contribution in [-0.2, 0) is 12.8 Å². The monoisotopic (exact) mass is 359 g/mol. The molecule has 2 aliphatic heterocycles. The first-order valence-corrected chi connectivity index (χ1v) is 10.9. The third-order valence-corrected chi connectivity index (χ3v) is 7.59. The lowest BCUT2D eigenvalue weighted by atomic mass is 10.1. The number of nitrogens with zero attached hydrogens (tertiary/aromatic N) is 3. The number of nitrogens with one attached hydrogen (secondary N) is 2. The normalized spacial score (nSPS) is 22.2. The molecule has 0 atom stereocenters. The molecule has 0 spiro atoms. The van der Waals surface area contributed by atoms with E-state index in [1.165, 1.54) is 87.4 Å². The summed E-state index contributed by atoms with van der Waals surface area (Å²) in [7, 11) is 0. The van der Waals surface area contributed by atoms with Crippen LogP contribution in [0.5, 0.6) is 0 Å². The summed E-state index contributed by atoms with van der Waals surface area (Å²) in [5.41, 5.74) is 1.56. The molecule has 2 aromatic heterocycles. The molecule has 2 aromatic rings. The number of likely N-dealkylation sites (tertiary alicyclic amines) is 1. The van der Waals surface area contributed by atoms with E-state index in [0.29, 0.717) is 0 Å². The fourth-order valence-corrected chi connectivity index (χ4v) is 6.14. The van der Waals surface area contributed by atoms with Crippen LogP contribution >= 0.6 is 11.3 Å². The molecule has 0 saturated carbocycles. The Morgan fingerprint density at radius 1 is 0.920 bits per heavy atom. The molecule has 0 aromatic carbocycles. The molecule has 0 bridgehead atoms. The average molecular weight is 360 g/mol. The fraction of sp³-hybridized carbons (Fsp3) is 0.684. The van der Waals surface area contributed by atoms with Crippen LogP contribution in [0.15, 0.2) is 6.33 Å². The summed E-state index contributed by atoms with van der Waals surface area (Å²) < 4.78 is 0. The number of aromatic nitrogens is 2. The van der Waals surface area contributed by atoms with Crippen molar-refractivity contribution in [2.24, 2.45) is 0 Å². The topological polar surface area (TPSA) is 37.9 Å². The zero-order chi connectivity index (χ0) is 16.6. The van der Waals surface area contributed by atoms with Crippen molar-refractivity contribution in [1.29, 1.82) is 0 Å². The van der Waals surface area contributed by atoms with Crippen molar-refractivity contribution in [2.45, 2.75) is 32.1 Å². The van der Waals surface area contributed by atoms with Crippen molar-refractivity contribution >= 4 is 27.4 Å². The van der Waals surface area contributed by atoms with Gasteiger partial charge in [-0.05, 0) is 24.8 Å². The van der Waals surface area contributed by atoms with Gasteiger partial charge in [0.25, 0.3) is 0 Å². The molecule has 0 radical (unpaired) electrons. The van der Waals surface area contributed by atoms with Gasteiger partial charge in [-0.3, -0.25) is 0 Å². The molecule has 25 heavy (non-hydrogen) atoms. The minimum absolute atomic E-state index is 1.14. The lowest BCUT2D eigenvalue weighted by molar-refractivity contribution is -0.952. The summed E-state index contributed by atoms with van der Waals surface area (Å²) >= 11 is 1.90. The van der Waals surface area contributed by atoms with Gasteiger partial charge in [0.05, 0.1) is 44.7 Å². The molecule has 3 aliphatic rings. The highest BCUT2D eigenvalue weighted by molar-refractivity contribution is 7.19. The summed E-state index contributed by atoms with van der Waals surface area (Å²) in [5, 5.41) is 1.38. The maximum Gasteiger partial charge on any atom is 0.141 e.